The van der Waals surface area contributed by atoms with Gasteiger partial charge in [0.2, 0.25) is 6.04 Å². The van der Waals surface area contributed by atoms with Crippen molar-refractivity contribution >= 4 is 23.2 Å². The highest BCUT2D eigenvalue weighted by atomic mass is 16.5. The summed E-state index contributed by atoms with van der Waals surface area (Å²) in [4.78, 5) is 33.9. The predicted octanol–water partition coefficient (Wildman–Crippen LogP) is 2.49. The Kier molecular flexibility index (Phi) is 5.71. The molecule has 0 aliphatic rings. The van der Waals surface area contributed by atoms with Crippen molar-refractivity contribution in [2.75, 3.05) is 6.61 Å². The normalized spacial score (nSPS) is 12.2. The highest BCUT2D eigenvalue weighted by Gasteiger charge is 2.24. The Morgan fingerprint density at radius 2 is 1.75 bits per heavy atom. The van der Waals surface area contributed by atoms with Gasteiger partial charge in [0, 0.05) is 5.56 Å². The van der Waals surface area contributed by atoms with Gasteiger partial charge in [0.05, 0.1) is 12.3 Å². The monoisotopic (exact) mass is 276 g/mol. The fourth-order valence-corrected chi connectivity index (χ4v) is 1.40. The molecule has 1 aromatic rings. The van der Waals surface area contributed by atoms with E-state index in [0.29, 0.717) is 11.3 Å². The zero-order valence-electron chi connectivity index (χ0n) is 11.6. The van der Waals surface area contributed by atoms with Crippen LogP contribution in [0.15, 0.2) is 34.5 Å². The molecule has 0 fully saturated rings. The Balaban J connectivity index is 2.85. The molecular weight excluding hydrogens is 260 g/mol. The maximum atomic E-state index is 11.5. The molecule has 1 atom stereocenters. The molecule has 0 aliphatic heterocycles. The van der Waals surface area contributed by atoms with E-state index in [4.69, 9.17) is 4.74 Å². The van der Waals surface area contributed by atoms with E-state index in [1.807, 2.05) is 0 Å². The number of ketones is 2. The van der Waals surface area contributed by atoms with Crippen LogP contribution in [0.1, 0.15) is 31.1 Å². The van der Waals surface area contributed by atoms with Crippen LogP contribution in [-0.2, 0) is 14.3 Å². The molecule has 0 aromatic heterocycles. The number of azo groups is 1. The largest absolute Gasteiger partial charge is 0.464 e. The van der Waals surface area contributed by atoms with Crippen LogP contribution in [0.3, 0.4) is 0 Å². The van der Waals surface area contributed by atoms with Crippen molar-refractivity contribution < 1.29 is 19.1 Å². The molecule has 0 heterocycles. The summed E-state index contributed by atoms with van der Waals surface area (Å²) in [6.07, 6.45) is 0. The van der Waals surface area contributed by atoms with Gasteiger partial charge in [0.1, 0.15) is 0 Å². The average Bonchev–Trinajstić information content (AvgIpc) is 2.39. The van der Waals surface area contributed by atoms with Crippen LogP contribution in [0, 0.1) is 0 Å². The topological polar surface area (TPSA) is 85.2 Å². The van der Waals surface area contributed by atoms with E-state index in [1.165, 1.54) is 13.8 Å². The minimum Gasteiger partial charge on any atom is -0.464 e. The minimum absolute atomic E-state index is 0.0541. The molecular formula is C14H16N2O4. The number of hydrogen-bond donors (Lipinski definition) is 0. The third-order valence-corrected chi connectivity index (χ3v) is 2.46. The van der Waals surface area contributed by atoms with Crippen LogP contribution in [0.5, 0.6) is 0 Å². The smallest absolute Gasteiger partial charge is 0.340 e. The molecule has 20 heavy (non-hydrogen) atoms. The van der Waals surface area contributed by atoms with Crippen molar-refractivity contribution in [3.05, 3.63) is 29.8 Å². The Bertz CT molecular complexity index is 535. The Hall–Kier alpha value is -2.37. The average molecular weight is 276 g/mol. The number of nitrogens with zero attached hydrogens (tertiary/aromatic N) is 2. The number of rotatable bonds is 6. The first kappa shape index (κ1) is 15.7. The first-order valence-corrected chi connectivity index (χ1v) is 6.14. The number of carbonyl (C=O) groups excluding carboxylic acids is 3. The molecule has 0 N–H and O–H groups in total. The summed E-state index contributed by atoms with van der Waals surface area (Å²) in [5, 5.41) is 7.53. The van der Waals surface area contributed by atoms with Gasteiger partial charge in [-0.05, 0) is 45.0 Å². The summed E-state index contributed by atoms with van der Waals surface area (Å²) in [5.74, 6) is -1.21. The van der Waals surface area contributed by atoms with E-state index in [2.05, 4.69) is 10.2 Å². The van der Waals surface area contributed by atoms with Gasteiger partial charge in [0.25, 0.3) is 0 Å². The minimum atomic E-state index is -1.25. The summed E-state index contributed by atoms with van der Waals surface area (Å²) in [5.41, 5.74) is 1.00. The van der Waals surface area contributed by atoms with E-state index in [1.54, 1.807) is 31.2 Å². The fourth-order valence-electron chi connectivity index (χ4n) is 1.40. The number of hydrogen-bond acceptors (Lipinski definition) is 6. The third kappa shape index (κ3) is 4.38. The Morgan fingerprint density at radius 3 is 2.20 bits per heavy atom. The van der Waals surface area contributed by atoms with Gasteiger partial charge in [0.15, 0.2) is 11.6 Å². The summed E-state index contributed by atoms with van der Waals surface area (Å²) in [6, 6.07) is 5.13. The molecule has 106 valence electrons. The van der Waals surface area contributed by atoms with Gasteiger partial charge < -0.3 is 4.74 Å². The van der Waals surface area contributed by atoms with Crippen molar-refractivity contribution in [3.63, 3.8) is 0 Å². The third-order valence-electron chi connectivity index (χ3n) is 2.46. The summed E-state index contributed by atoms with van der Waals surface area (Å²) in [7, 11) is 0. The zero-order valence-corrected chi connectivity index (χ0v) is 11.6. The van der Waals surface area contributed by atoms with Crippen LogP contribution in [0.2, 0.25) is 0 Å². The molecule has 0 aliphatic carbocycles. The highest BCUT2D eigenvalue weighted by molar-refractivity contribution is 6.02. The molecule has 6 heteroatoms. The van der Waals surface area contributed by atoms with Crippen LogP contribution < -0.4 is 0 Å². The summed E-state index contributed by atoms with van der Waals surface area (Å²) < 4.78 is 4.75. The van der Waals surface area contributed by atoms with E-state index in [-0.39, 0.29) is 12.4 Å². The lowest BCUT2D eigenvalue weighted by Crippen LogP contribution is -2.28. The van der Waals surface area contributed by atoms with E-state index < -0.39 is 17.8 Å². The van der Waals surface area contributed by atoms with Gasteiger partial charge in [-0.25, -0.2) is 4.79 Å². The maximum Gasteiger partial charge on any atom is 0.340 e. The second-order valence-electron chi connectivity index (χ2n) is 4.08. The number of ether oxygens (including phenoxy) is 1. The Labute approximate surface area is 116 Å². The second-order valence-corrected chi connectivity index (χ2v) is 4.08. The van der Waals surface area contributed by atoms with Crippen molar-refractivity contribution in [1.82, 2.24) is 0 Å². The van der Waals surface area contributed by atoms with E-state index in [0.717, 1.165) is 0 Å². The number of carbonyl (C=O) groups is 3. The van der Waals surface area contributed by atoms with Gasteiger partial charge in [-0.3, -0.25) is 9.59 Å². The molecule has 0 amide bonds. The second kappa shape index (κ2) is 7.28. The molecule has 0 saturated heterocycles. The molecule has 1 unspecified atom stereocenters. The molecule has 1 rings (SSSR count). The number of esters is 1. The first-order valence-electron chi connectivity index (χ1n) is 6.14. The number of Topliss-reactive ketones (excluding diaryl/α,β-unsaturated/α-hetero) is 2. The van der Waals surface area contributed by atoms with Crippen molar-refractivity contribution in [2.24, 2.45) is 10.2 Å². The van der Waals surface area contributed by atoms with Gasteiger partial charge in [-0.1, -0.05) is 0 Å². The predicted molar refractivity (Wildman–Crippen MR) is 72.1 cm³/mol. The number of benzene rings is 1. The lowest BCUT2D eigenvalue weighted by atomic mass is 10.1. The zero-order chi connectivity index (χ0) is 15.1. The standard InChI is InChI=1S/C14H16N2O4/c1-4-20-14(19)13(10(3)18)16-15-12-7-5-11(6-8-12)9(2)17/h5-8,13H,4H2,1-3H3. The SMILES string of the molecule is CCOC(=O)C(N=Nc1ccc(C(C)=O)cc1)C(C)=O. The quantitative estimate of drug-likeness (QED) is 0.346. The van der Waals surface area contributed by atoms with Crippen LogP contribution in [0.25, 0.3) is 0 Å². The first-order chi connectivity index (χ1) is 9.45. The van der Waals surface area contributed by atoms with Crippen LogP contribution in [-0.4, -0.2) is 30.2 Å². The maximum absolute atomic E-state index is 11.5. The summed E-state index contributed by atoms with van der Waals surface area (Å²) >= 11 is 0. The van der Waals surface area contributed by atoms with Crippen LogP contribution >= 0.6 is 0 Å². The molecule has 0 spiro atoms. The van der Waals surface area contributed by atoms with Crippen molar-refractivity contribution in [2.45, 2.75) is 26.8 Å². The van der Waals surface area contributed by atoms with E-state index >= 15 is 0 Å². The molecule has 0 saturated carbocycles. The molecule has 1 aromatic carbocycles. The van der Waals surface area contributed by atoms with Crippen molar-refractivity contribution in [3.8, 4) is 0 Å². The van der Waals surface area contributed by atoms with Gasteiger partial charge in [-0.2, -0.15) is 10.2 Å². The van der Waals surface area contributed by atoms with Crippen LogP contribution in [0.4, 0.5) is 5.69 Å². The fraction of sp³-hybridized carbons (Fsp3) is 0.357. The highest BCUT2D eigenvalue weighted by Crippen LogP contribution is 2.15. The summed E-state index contributed by atoms with van der Waals surface area (Å²) in [6.45, 7) is 4.53. The van der Waals surface area contributed by atoms with Gasteiger partial charge in [-0.15, -0.1) is 0 Å². The van der Waals surface area contributed by atoms with Gasteiger partial charge >= 0.3 is 5.97 Å². The molecule has 0 bridgehead atoms. The van der Waals surface area contributed by atoms with Crippen molar-refractivity contribution in [1.29, 1.82) is 0 Å². The van der Waals surface area contributed by atoms with E-state index in [9.17, 15) is 14.4 Å². The lowest BCUT2D eigenvalue weighted by Gasteiger charge is -2.06. The lowest BCUT2D eigenvalue weighted by molar-refractivity contribution is -0.147. The molecule has 0 radical (unpaired) electrons. The molecule has 6 nitrogen and oxygen atoms in total. The Morgan fingerprint density at radius 1 is 1.15 bits per heavy atom.